The first kappa shape index (κ1) is 14.3. The van der Waals surface area contributed by atoms with Crippen LogP contribution in [-0.4, -0.2) is 40.0 Å². The molecular formula is C15H18N4OS. The van der Waals surface area contributed by atoms with Crippen LogP contribution in [0.3, 0.4) is 0 Å². The molecule has 1 aliphatic heterocycles. The van der Waals surface area contributed by atoms with E-state index in [0.29, 0.717) is 11.0 Å². The van der Waals surface area contributed by atoms with Gasteiger partial charge < -0.3 is 10.6 Å². The first-order chi connectivity index (χ1) is 10.3. The van der Waals surface area contributed by atoms with Crippen LogP contribution in [0, 0.1) is 0 Å². The van der Waals surface area contributed by atoms with E-state index in [-0.39, 0.29) is 5.91 Å². The molecule has 0 spiro atoms. The molecular weight excluding hydrogens is 284 g/mol. The van der Waals surface area contributed by atoms with Crippen molar-refractivity contribution in [1.82, 2.24) is 15.3 Å². The van der Waals surface area contributed by atoms with Gasteiger partial charge >= 0.3 is 0 Å². The van der Waals surface area contributed by atoms with E-state index in [1.54, 1.807) is 24.2 Å². The number of carbonyl (C=O) groups is 1. The van der Waals surface area contributed by atoms with Crippen LogP contribution in [-0.2, 0) is 4.79 Å². The Bertz CT molecular complexity index is 628. The van der Waals surface area contributed by atoms with Crippen molar-refractivity contribution in [3.8, 4) is 0 Å². The molecule has 6 heteroatoms. The Balaban J connectivity index is 1.55. The zero-order valence-electron chi connectivity index (χ0n) is 11.7. The van der Waals surface area contributed by atoms with Crippen LogP contribution in [0.1, 0.15) is 12.8 Å². The molecule has 1 aromatic carbocycles. The Morgan fingerprint density at radius 1 is 1.24 bits per heavy atom. The van der Waals surface area contributed by atoms with Gasteiger partial charge in [-0.1, -0.05) is 0 Å². The van der Waals surface area contributed by atoms with Crippen LogP contribution >= 0.6 is 11.8 Å². The minimum atomic E-state index is 0.0433. The van der Waals surface area contributed by atoms with Gasteiger partial charge in [0.15, 0.2) is 0 Å². The molecule has 1 aromatic heterocycles. The largest absolute Gasteiger partial charge is 0.325 e. The third-order valence-corrected chi connectivity index (χ3v) is 4.86. The highest BCUT2D eigenvalue weighted by atomic mass is 32.2. The second kappa shape index (κ2) is 6.87. The number of piperidine rings is 1. The zero-order chi connectivity index (χ0) is 14.5. The molecule has 21 heavy (non-hydrogen) atoms. The van der Waals surface area contributed by atoms with Gasteiger partial charge in [0.2, 0.25) is 5.91 Å². The standard InChI is InChI=1S/C15H18N4OS/c20-15(10-21-12-3-5-16-6-4-12)19-11-1-2-13-14(9-11)18-8-7-17-13/h1-2,7-9,12,16H,3-6,10H2,(H,19,20). The Morgan fingerprint density at radius 3 is 2.81 bits per heavy atom. The maximum absolute atomic E-state index is 12.0. The van der Waals surface area contributed by atoms with Crippen molar-refractivity contribution in [2.75, 3.05) is 24.2 Å². The number of aromatic nitrogens is 2. The van der Waals surface area contributed by atoms with Gasteiger partial charge in [-0.15, -0.1) is 11.8 Å². The SMILES string of the molecule is O=C(CSC1CCNCC1)Nc1ccc2nccnc2c1. The molecule has 5 nitrogen and oxygen atoms in total. The molecule has 0 atom stereocenters. The molecule has 2 N–H and O–H groups in total. The second-order valence-corrected chi connectivity index (χ2v) is 6.36. The minimum Gasteiger partial charge on any atom is -0.325 e. The van der Waals surface area contributed by atoms with Crippen LogP contribution in [0.2, 0.25) is 0 Å². The lowest BCUT2D eigenvalue weighted by atomic mass is 10.2. The minimum absolute atomic E-state index is 0.0433. The number of amides is 1. The summed E-state index contributed by atoms with van der Waals surface area (Å²) in [6, 6.07) is 5.59. The summed E-state index contributed by atoms with van der Waals surface area (Å²) < 4.78 is 0. The van der Waals surface area contributed by atoms with Crippen molar-refractivity contribution in [3.63, 3.8) is 0 Å². The number of anilines is 1. The van der Waals surface area contributed by atoms with Crippen LogP contribution in [0.5, 0.6) is 0 Å². The van der Waals surface area contributed by atoms with Gasteiger partial charge in [-0.3, -0.25) is 14.8 Å². The van der Waals surface area contributed by atoms with E-state index in [2.05, 4.69) is 20.6 Å². The van der Waals surface area contributed by atoms with Crippen molar-refractivity contribution in [1.29, 1.82) is 0 Å². The topological polar surface area (TPSA) is 66.9 Å². The van der Waals surface area contributed by atoms with Gasteiger partial charge in [-0.2, -0.15) is 0 Å². The summed E-state index contributed by atoms with van der Waals surface area (Å²) in [5.74, 6) is 0.546. The Morgan fingerprint density at radius 2 is 2.00 bits per heavy atom. The molecule has 0 bridgehead atoms. The molecule has 1 amide bonds. The van der Waals surface area contributed by atoms with Gasteiger partial charge in [-0.25, -0.2) is 0 Å². The summed E-state index contributed by atoms with van der Waals surface area (Å²) in [5.41, 5.74) is 2.40. The number of hydrogen-bond acceptors (Lipinski definition) is 5. The fourth-order valence-electron chi connectivity index (χ4n) is 2.39. The summed E-state index contributed by atoms with van der Waals surface area (Å²) in [6.07, 6.45) is 5.60. The summed E-state index contributed by atoms with van der Waals surface area (Å²) in [6.45, 7) is 2.12. The maximum Gasteiger partial charge on any atom is 0.234 e. The first-order valence-electron chi connectivity index (χ1n) is 7.14. The van der Waals surface area contributed by atoms with E-state index in [1.165, 1.54) is 0 Å². The fraction of sp³-hybridized carbons (Fsp3) is 0.400. The van der Waals surface area contributed by atoms with Gasteiger partial charge in [0, 0.05) is 23.3 Å². The average molecular weight is 302 g/mol. The number of hydrogen-bond donors (Lipinski definition) is 2. The highest BCUT2D eigenvalue weighted by Gasteiger charge is 2.15. The third-order valence-electron chi connectivity index (χ3n) is 3.49. The molecule has 0 saturated carbocycles. The molecule has 1 saturated heterocycles. The predicted octanol–water partition coefficient (Wildman–Crippen LogP) is 2.05. The lowest BCUT2D eigenvalue weighted by Gasteiger charge is -2.21. The Labute approximate surface area is 127 Å². The summed E-state index contributed by atoms with van der Waals surface area (Å²) >= 11 is 1.75. The van der Waals surface area contributed by atoms with Gasteiger partial charge in [0.25, 0.3) is 0 Å². The maximum atomic E-state index is 12.0. The van der Waals surface area contributed by atoms with Crippen LogP contribution in [0.25, 0.3) is 11.0 Å². The van der Waals surface area contributed by atoms with Crippen LogP contribution in [0.15, 0.2) is 30.6 Å². The molecule has 2 aromatic rings. The van der Waals surface area contributed by atoms with Crippen molar-refractivity contribution < 1.29 is 4.79 Å². The Hall–Kier alpha value is -1.66. The second-order valence-electron chi connectivity index (χ2n) is 5.07. The normalized spacial score (nSPS) is 16.0. The number of carbonyl (C=O) groups excluding carboxylic acids is 1. The first-order valence-corrected chi connectivity index (χ1v) is 8.19. The number of benzene rings is 1. The fourth-order valence-corrected chi connectivity index (χ4v) is 3.42. The molecule has 2 heterocycles. The molecule has 0 aliphatic carbocycles. The summed E-state index contributed by atoms with van der Waals surface area (Å²) in [5, 5.41) is 6.86. The highest BCUT2D eigenvalue weighted by Crippen LogP contribution is 2.21. The average Bonchev–Trinajstić information content (AvgIpc) is 2.54. The third kappa shape index (κ3) is 3.92. The molecule has 110 valence electrons. The molecule has 3 rings (SSSR count). The van der Waals surface area contributed by atoms with Crippen molar-refractivity contribution in [2.24, 2.45) is 0 Å². The van der Waals surface area contributed by atoms with Crippen molar-refractivity contribution >= 4 is 34.4 Å². The molecule has 0 radical (unpaired) electrons. The quantitative estimate of drug-likeness (QED) is 0.905. The summed E-state index contributed by atoms with van der Waals surface area (Å²) in [7, 11) is 0. The number of fused-ring (bicyclic) bond motifs is 1. The van der Waals surface area contributed by atoms with E-state index in [0.717, 1.165) is 42.7 Å². The lowest BCUT2D eigenvalue weighted by Crippen LogP contribution is -2.30. The van der Waals surface area contributed by atoms with E-state index in [1.807, 2.05) is 18.2 Å². The molecule has 0 unspecified atom stereocenters. The number of nitrogens with one attached hydrogen (secondary N) is 2. The van der Waals surface area contributed by atoms with Gasteiger partial charge in [0.05, 0.1) is 16.8 Å². The van der Waals surface area contributed by atoms with E-state index in [4.69, 9.17) is 0 Å². The van der Waals surface area contributed by atoms with Crippen molar-refractivity contribution in [3.05, 3.63) is 30.6 Å². The monoisotopic (exact) mass is 302 g/mol. The molecule has 1 aliphatic rings. The predicted molar refractivity (Wildman–Crippen MR) is 86.5 cm³/mol. The number of rotatable bonds is 4. The van der Waals surface area contributed by atoms with Gasteiger partial charge in [0.1, 0.15) is 0 Å². The number of thioether (sulfide) groups is 1. The number of nitrogens with zero attached hydrogens (tertiary/aromatic N) is 2. The Kier molecular flexibility index (Phi) is 4.67. The van der Waals surface area contributed by atoms with E-state index < -0.39 is 0 Å². The van der Waals surface area contributed by atoms with Crippen LogP contribution < -0.4 is 10.6 Å². The van der Waals surface area contributed by atoms with Gasteiger partial charge in [-0.05, 0) is 44.1 Å². The highest BCUT2D eigenvalue weighted by molar-refractivity contribution is 8.00. The lowest BCUT2D eigenvalue weighted by molar-refractivity contribution is -0.113. The van der Waals surface area contributed by atoms with E-state index in [9.17, 15) is 4.79 Å². The van der Waals surface area contributed by atoms with Crippen LogP contribution in [0.4, 0.5) is 5.69 Å². The smallest absolute Gasteiger partial charge is 0.234 e. The summed E-state index contributed by atoms with van der Waals surface area (Å²) in [4.78, 5) is 20.5. The van der Waals surface area contributed by atoms with Crippen molar-refractivity contribution in [2.45, 2.75) is 18.1 Å². The molecule has 1 fully saturated rings. The van der Waals surface area contributed by atoms with E-state index >= 15 is 0 Å². The zero-order valence-corrected chi connectivity index (χ0v) is 12.5.